The first-order chi connectivity index (χ1) is 12.1. The van der Waals surface area contributed by atoms with Crippen molar-refractivity contribution >= 4 is 41.8 Å². The Morgan fingerprint density at radius 1 is 0.314 bits per heavy atom. The van der Waals surface area contributed by atoms with Crippen LogP contribution in [0.4, 0.5) is 0 Å². The van der Waals surface area contributed by atoms with Gasteiger partial charge in [0, 0.05) is 41.8 Å². The molecule has 35 heavy (non-hydrogen) atoms. The van der Waals surface area contributed by atoms with Crippen LogP contribution >= 0.6 is 0 Å². The van der Waals surface area contributed by atoms with Gasteiger partial charge in [0.25, 0.3) is 0 Å². The molecular formula is C14H29O18Rh3. The van der Waals surface area contributed by atoms with Gasteiger partial charge < -0.3 is 91.2 Å². The SMILES string of the molecule is CC(=O)[O-].CC(=O)[O-].CC(=O)[O-].CC(=O)[O-].CC(=O)[O-].CC(=O)[O-].CC(=O)[O-].O.O.O.O.[Rh+2].[Rh+2].[Rh+3]. The summed E-state index contributed by atoms with van der Waals surface area (Å²) in [4.78, 5) is 62.2. The van der Waals surface area contributed by atoms with E-state index in [-0.39, 0.29) is 80.3 Å². The quantitative estimate of drug-likeness (QED) is 0.206. The van der Waals surface area contributed by atoms with Gasteiger partial charge in [-0.15, -0.1) is 0 Å². The minimum Gasteiger partial charge on any atom is -0.550 e. The van der Waals surface area contributed by atoms with Crippen molar-refractivity contribution in [3.8, 4) is 0 Å². The van der Waals surface area contributed by atoms with Crippen molar-refractivity contribution in [3.63, 3.8) is 0 Å². The third-order valence-corrected chi connectivity index (χ3v) is 0. The molecule has 0 rings (SSSR count). The standard InChI is InChI=1S/7C2H4O2.4H2O.3Rh/c7*1-2(3)4;;;;;;;/h7*1H3,(H,3,4);4*1H2;;;/q;;;;;;;;;;;2*+2;+3/p-7. The average molecular weight is 794 g/mol. The second kappa shape index (κ2) is 85.2. The first-order valence-electron chi connectivity index (χ1n) is 6.36. The van der Waals surface area contributed by atoms with E-state index in [9.17, 15) is 0 Å². The van der Waals surface area contributed by atoms with Crippen LogP contribution in [0.25, 0.3) is 0 Å². The summed E-state index contributed by atoms with van der Waals surface area (Å²) in [7, 11) is 0. The van der Waals surface area contributed by atoms with Crippen LogP contribution in [-0.2, 0) is 92.0 Å². The third-order valence-electron chi connectivity index (χ3n) is 0. The number of carbonyl (C=O) groups is 7. The molecule has 0 atom stereocenters. The number of aliphatic carboxylic acids is 7. The average Bonchev–Trinajstić information content (AvgIpc) is 2.20. The summed E-state index contributed by atoms with van der Waals surface area (Å²) in [6, 6.07) is 0. The molecule has 0 aliphatic carbocycles. The Labute approximate surface area is 239 Å². The topological polar surface area (TPSA) is 407 Å². The van der Waals surface area contributed by atoms with Gasteiger partial charge in [0.05, 0.1) is 0 Å². The van der Waals surface area contributed by atoms with Crippen LogP contribution in [0, 0.1) is 0 Å². The Morgan fingerprint density at radius 2 is 0.314 bits per heavy atom. The predicted molar refractivity (Wildman–Crippen MR) is 89.2 cm³/mol. The van der Waals surface area contributed by atoms with E-state index in [1.165, 1.54) is 0 Å². The molecule has 0 bridgehead atoms. The fourth-order valence-electron chi connectivity index (χ4n) is 0. The molecule has 2 radical (unpaired) electrons. The van der Waals surface area contributed by atoms with E-state index >= 15 is 0 Å². The Morgan fingerprint density at radius 3 is 0.314 bits per heavy atom. The molecular weight excluding hydrogens is 765 g/mol. The second-order valence-electron chi connectivity index (χ2n) is 3.44. The molecule has 0 aliphatic rings. The summed E-state index contributed by atoms with van der Waals surface area (Å²) in [5, 5.41) is 62.2. The smallest absolute Gasteiger partial charge is 0.550 e. The fourth-order valence-corrected chi connectivity index (χ4v) is 0. The van der Waals surface area contributed by atoms with Crippen molar-refractivity contribution in [2.24, 2.45) is 0 Å². The minimum absolute atomic E-state index is 0. The second-order valence-corrected chi connectivity index (χ2v) is 3.44. The van der Waals surface area contributed by atoms with Crippen LogP contribution in [0.3, 0.4) is 0 Å². The summed E-state index contributed by atoms with van der Waals surface area (Å²) in [6.45, 7) is 6.81. The number of carbonyl (C=O) groups excluding carboxylic acids is 7. The normalized spacial score (nSPS) is 5.00. The zero-order valence-corrected chi connectivity index (χ0v) is 24.1. The largest absolute Gasteiger partial charge is 3.00 e. The summed E-state index contributed by atoms with van der Waals surface area (Å²) in [6.07, 6.45) is 0. The van der Waals surface area contributed by atoms with Gasteiger partial charge in [0.2, 0.25) is 0 Å². The Bertz CT molecular complexity index is 325. The van der Waals surface area contributed by atoms with Gasteiger partial charge in [0.15, 0.2) is 0 Å². The summed E-state index contributed by atoms with van der Waals surface area (Å²) < 4.78 is 0. The number of rotatable bonds is 0. The third kappa shape index (κ3) is 7200. The summed E-state index contributed by atoms with van der Waals surface area (Å²) in [5.74, 6) is -7.58. The monoisotopic (exact) mass is 794 g/mol. The Balaban J connectivity index is -0.0000000119. The van der Waals surface area contributed by atoms with Gasteiger partial charge in [0.1, 0.15) is 0 Å². The van der Waals surface area contributed by atoms with E-state index in [4.69, 9.17) is 69.3 Å². The van der Waals surface area contributed by atoms with Crippen LogP contribution in [0.2, 0.25) is 0 Å². The van der Waals surface area contributed by atoms with Crippen molar-refractivity contribution in [1.29, 1.82) is 0 Å². The van der Waals surface area contributed by atoms with Gasteiger partial charge in [-0.1, -0.05) is 0 Å². The molecule has 0 aromatic heterocycles. The number of hydrogen-bond donors (Lipinski definition) is 0. The van der Waals surface area contributed by atoms with Crippen LogP contribution in [0.1, 0.15) is 48.5 Å². The van der Waals surface area contributed by atoms with Crippen molar-refractivity contribution < 1.29 is 150 Å². The number of carboxylic acids is 7. The molecule has 0 aromatic rings. The zero-order chi connectivity index (χ0) is 25.0. The van der Waals surface area contributed by atoms with E-state index in [1.807, 2.05) is 0 Å². The fraction of sp³-hybridized carbons (Fsp3) is 0.500. The maximum Gasteiger partial charge on any atom is 3.00 e. The maximum absolute atomic E-state index is 8.89. The van der Waals surface area contributed by atoms with E-state index < -0.39 is 41.8 Å². The zero-order valence-electron chi connectivity index (χ0n) is 19.2. The van der Waals surface area contributed by atoms with E-state index in [0.717, 1.165) is 48.5 Å². The first-order valence-corrected chi connectivity index (χ1v) is 6.36. The van der Waals surface area contributed by atoms with Crippen LogP contribution in [0.15, 0.2) is 0 Å². The Kier molecular flexibility index (Phi) is 228. The molecule has 0 aliphatic heterocycles. The minimum atomic E-state index is -1.08. The van der Waals surface area contributed by atoms with Gasteiger partial charge in [-0.05, 0) is 48.5 Å². The van der Waals surface area contributed by atoms with Gasteiger partial charge in [-0.2, -0.15) is 0 Å². The molecule has 0 saturated carbocycles. The number of hydrogen-bond acceptors (Lipinski definition) is 14. The summed E-state index contributed by atoms with van der Waals surface area (Å²) >= 11 is 0. The molecule has 0 amide bonds. The molecule has 0 fully saturated rings. The molecule has 18 nitrogen and oxygen atoms in total. The van der Waals surface area contributed by atoms with Crippen molar-refractivity contribution in [2.45, 2.75) is 48.5 Å². The first kappa shape index (κ1) is 93.6. The van der Waals surface area contributed by atoms with E-state index in [2.05, 4.69) is 0 Å². The van der Waals surface area contributed by atoms with Crippen molar-refractivity contribution in [3.05, 3.63) is 0 Å². The molecule has 0 aromatic carbocycles. The van der Waals surface area contributed by atoms with E-state index in [0.29, 0.717) is 0 Å². The van der Waals surface area contributed by atoms with Gasteiger partial charge in [-0.3, -0.25) is 0 Å². The molecule has 0 heterocycles. The van der Waals surface area contributed by atoms with Crippen LogP contribution < -0.4 is 35.7 Å². The predicted octanol–water partition coefficient (Wildman–Crippen LogP) is -12.0. The maximum atomic E-state index is 8.89. The van der Waals surface area contributed by atoms with Crippen molar-refractivity contribution in [1.82, 2.24) is 0 Å². The summed E-state index contributed by atoms with van der Waals surface area (Å²) in [5.41, 5.74) is 0. The number of carboxylic acid groups (broad SMARTS) is 7. The molecule has 0 saturated heterocycles. The van der Waals surface area contributed by atoms with Gasteiger partial charge in [-0.25, -0.2) is 0 Å². The Hall–Kier alpha value is -2.00. The van der Waals surface area contributed by atoms with Gasteiger partial charge >= 0.3 is 58.4 Å². The molecule has 8 N–H and O–H groups in total. The molecule has 220 valence electrons. The van der Waals surface area contributed by atoms with Crippen molar-refractivity contribution in [2.75, 3.05) is 0 Å². The van der Waals surface area contributed by atoms with Crippen LogP contribution in [-0.4, -0.2) is 63.7 Å². The van der Waals surface area contributed by atoms with E-state index in [1.54, 1.807) is 0 Å². The van der Waals surface area contributed by atoms with Crippen LogP contribution in [0.5, 0.6) is 0 Å². The molecule has 21 heteroatoms. The molecule has 0 spiro atoms. The molecule has 0 unspecified atom stereocenters.